The number of halogens is 1. The topological polar surface area (TPSA) is 59.2 Å². The van der Waals surface area contributed by atoms with Gasteiger partial charge in [0.05, 0.1) is 5.75 Å². The van der Waals surface area contributed by atoms with Crippen molar-refractivity contribution in [1.29, 1.82) is 0 Å². The van der Waals surface area contributed by atoms with Crippen molar-refractivity contribution in [3.8, 4) is 11.5 Å². The minimum atomic E-state index is 0.0155. The van der Waals surface area contributed by atoms with Crippen LogP contribution in [0.3, 0.4) is 0 Å². The Kier molecular flexibility index (Phi) is 6.68. The Morgan fingerprint density at radius 3 is 2.59 bits per heavy atom. The molecule has 2 aromatic carbocycles. The summed E-state index contributed by atoms with van der Waals surface area (Å²) < 4.78 is 6.59. The van der Waals surface area contributed by atoms with Gasteiger partial charge in [0, 0.05) is 23.6 Å². The number of nitrogens with zero attached hydrogens (tertiary/aromatic N) is 3. The van der Waals surface area contributed by atoms with Gasteiger partial charge in [-0.05, 0) is 35.7 Å². The summed E-state index contributed by atoms with van der Waals surface area (Å²) in [6.07, 6.45) is 1.01. The van der Waals surface area contributed by atoms with Crippen molar-refractivity contribution in [3.63, 3.8) is 0 Å². The lowest BCUT2D eigenvalue weighted by Gasteiger charge is -2.16. The summed E-state index contributed by atoms with van der Waals surface area (Å²) in [6.45, 7) is 2.71. The zero-order valence-corrected chi connectivity index (χ0v) is 17.6. The monoisotopic (exact) mass is 445 g/mol. The highest BCUT2D eigenvalue weighted by atomic mass is 79.9. The van der Waals surface area contributed by atoms with Crippen molar-refractivity contribution in [2.75, 3.05) is 12.8 Å². The molecule has 27 heavy (non-hydrogen) atoms. The Bertz CT molecular complexity index is 912. The Hall–Kier alpha value is -2.12. The molecule has 1 heterocycles. The molecular formula is C20H20BrN3O2S. The van der Waals surface area contributed by atoms with Crippen LogP contribution < -0.4 is 0 Å². The normalized spacial score (nSPS) is 10.8. The van der Waals surface area contributed by atoms with Crippen molar-refractivity contribution in [2.24, 2.45) is 0 Å². The van der Waals surface area contributed by atoms with Gasteiger partial charge in [-0.1, -0.05) is 64.9 Å². The second kappa shape index (κ2) is 9.19. The number of benzene rings is 2. The SMILES string of the molecule is CCc1ccc(CN(C)C(=O)CSc2nnc(-c3cccc(Br)c3)o2)cc1. The van der Waals surface area contributed by atoms with E-state index in [2.05, 4.69) is 57.3 Å². The number of thioether (sulfide) groups is 1. The van der Waals surface area contributed by atoms with E-state index in [0.717, 1.165) is 22.0 Å². The van der Waals surface area contributed by atoms with Crippen LogP contribution in [-0.2, 0) is 17.8 Å². The lowest BCUT2D eigenvalue weighted by molar-refractivity contribution is -0.127. The minimum absolute atomic E-state index is 0.0155. The minimum Gasteiger partial charge on any atom is -0.411 e. The largest absolute Gasteiger partial charge is 0.411 e. The van der Waals surface area contributed by atoms with Gasteiger partial charge in [-0.15, -0.1) is 10.2 Å². The Labute approximate surface area is 171 Å². The first-order valence-corrected chi connectivity index (χ1v) is 10.4. The number of amides is 1. The first kappa shape index (κ1) is 19.6. The van der Waals surface area contributed by atoms with Gasteiger partial charge in [0.25, 0.3) is 5.22 Å². The van der Waals surface area contributed by atoms with Crippen LogP contribution in [0.15, 0.2) is 62.6 Å². The summed E-state index contributed by atoms with van der Waals surface area (Å²) >= 11 is 4.67. The number of hydrogen-bond donors (Lipinski definition) is 0. The van der Waals surface area contributed by atoms with E-state index < -0.39 is 0 Å². The Morgan fingerprint density at radius 1 is 1.15 bits per heavy atom. The van der Waals surface area contributed by atoms with Crippen LogP contribution in [0, 0.1) is 0 Å². The van der Waals surface area contributed by atoms with Gasteiger partial charge in [-0.25, -0.2) is 0 Å². The highest BCUT2D eigenvalue weighted by Gasteiger charge is 2.14. The zero-order chi connectivity index (χ0) is 19.2. The molecule has 0 fully saturated rings. The first-order valence-electron chi connectivity index (χ1n) is 8.59. The van der Waals surface area contributed by atoms with Gasteiger partial charge in [-0.2, -0.15) is 0 Å². The Balaban J connectivity index is 1.54. The molecule has 0 aliphatic carbocycles. The molecule has 0 saturated heterocycles. The summed E-state index contributed by atoms with van der Waals surface area (Å²) in [4.78, 5) is 14.1. The van der Waals surface area contributed by atoms with E-state index in [1.54, 1.807) is 11.9 Å². The van der Waals surface area contributed by atoms with Gasteiger partial charge < -0.3 is 9.32 Å². The van der Waals surface area contributed by atoms with E-state index in [1.807, 2.05) is 24.3 Å². The fraction of sp³-hybridized carbons (Fsp3) is 0.250. The van der Waals surface area contributed by atoms with Crippen LogP contribution in [-0.4, -0.2) is 33.8 Å². The lowest BCUT2D eigenvalue weighted by atomic mass is 10.1. The predicted molar refractivity (Wildman–Crippen MR) is 110 cm³/mol. The van der Waals surface area contributed by atoms with E-state index in [0.29, 0.717) is 17.7 Å². The number of carbonyl (C=O) groups is 1. The third kappa shape index (κ3) is 5.43. The molecule has 3 rings (SSSR count). The molecule has 0 aliphatic rings. The molecule has 7 heteroatoms. The van der Waals surface area contributed by atoms with Gasteiger partial charge in [0.15, 0.2) is 0 Å². The highest BCUT2D eigenvalue weighted by Crippen LogP contribution is 2.25. The third-order valence-corrected chi connectivity index (χ3v) is 5.37. The predicted octanol–water partition coefficient (Wildman–Crippen LogP) is 4.81. The van der Waals surface area contributed by atoms with E-state index in [9.17, 15) is 4.79 Å². The number of aromatic nitrogens is 2. The molecule has 1 aromatic heterocycles. The molecule has 0 saturated carbocycles. The lowest BCUT2D eigenvalue weighted by Crippen LogP contribution is -2.27. The van der Waals surface area contributed by atoms with Crippen molar-refractivity contribution < 1.29 is 9.21 Å². The van der Waals surface area contributed by atoms with Crippen LogP contribution in [0.5, 0.6) is 0 Å². The number of hydrogen-bond acceptors (Lipinski definition) is 5. The van der Waals surface area contributed by atoms with Crippen LogP contribution >= 0.6 is 27.7 Å². The fourth-order valence-corrected chi connectivity index (χ4v) is 3.59. The average Bonchev–Trinajstić information content (AvgIpc) is 3.16. The zero-order valence-electron chi connectivity index (χ0n) is 15.2. The van der Waals surface area contributed by atoms with Crippen LogP contribution in [0.2, 0.25) is 0 Å². The molecule has 3 aromatic rings. The molecule has 1 amide bonds. The van der Waals surface area contributed by atoms with Crippen molar-refractivity contribution in [2.45, 2.75) is 25.1 Å². The van der Waals surface area contributed by atoms with Gasteiger partial charge in [-0.3, -0.25) is 4.79 Å². The summed E-state index contributed by atoms with van der Waals surface area (Å²) in [5.41, 5.74) is 3.24. The molecule has 0 radical (unpaired) electrons. The van der Waals surface area contributed by atoms with E-state index >= 15 is 0 Å². The quantitative estimate of drug-likeness (QED) is 0.488. The molecular weight excluding hydrogens is 426 g/mol. The summed E-state index contributed by atoms with van der Waals surface area (Å²) in [6, 6.07) is 16.0. The second-order valence-corrected chi connectivity index (χ2v) is 7.93. The smallest absolute Gasteiger partial charge is 0.277 e. The Morgan fingerprint density at radius 2 is 1.89 bits per heavy atom. The van der Waals surface area contributed by atoms with Crippen LogP contribution in [0.25, 0.3) is 11.5 Å². The highest BCUT2D eigenvalue weighted by molar-refractivity contribution is 9.10. The number of carbonyl (C=O) groups excluding carboxylic acids is 1. The number of rotatable bonds is 7. The summed E-state index contributed by atoms with van der Waals surface area (Å²) in [5.74, 6) is 0.710. The second-order valence-electron chi connectivity index (χ2n) is 6.09. The molecule has 140 valence electrons. The average molecular weight is 446 g/mol. The number of aryl methyl sites for hydroxylation is 1. The summed E-state index contributed by atoms with van der Waals surface area (Å²) in [7, 11) is 1.80. The maximum absolute atomic E-state index is 12.4. The van der Waals surface area contributed by atoms with E-state index in [-0.39, 0.29) is 11.7 Å². The van der Waals surface area contributed by atoms with Gasteiger partial charge >= 0.3 is 0 Å². The molecule has 0 bridgehead atoms. The van der Waals surface area contributed by atoms with E-state index in [4.69, 9.17) is 4.42 Å². The van der Waals surface area contributed by atoms with Gasteiger partial charge in [0.2, 0.25) is 11.8 Å². The molecule has 0 aliphatic heterocycles. The fourth-order valence-electron chi connectivity index (χ4n) is 2.48. The van der Waals surface area contributed by atoms with Crippen LogP contribution in [0.1, 0.15) is 18.1 Å². The van der Waals surface area contributed by atoms with Crippen molar-refractivity contribution in [3.05, 3.63) is 64.1 Å². The molecule has 0 spiro atoms. The molecule has 0 atom stereocenters. The van der Waals surface area contributed by atoms with Gasteiger partial charge in [0.1, 0.15) is 0 Å². The standard InChI is InChI=1S/C20H20BrN3O2S/c1-3-14-7-9-15(10-8-14)12-24(2)18(25)13-27-20-23-22-19(26-20)16-5-4-6-17(21)11-16/h4-11H,3,12-13H2,1-2H3. The van der Waals surface area contributed by atoms with Crippen molar-refractivity contribution >= 4 is 33.6 Å². The third-order valence-electron chi connectivity index (χ3n) is 4.07. The maximum Gasteiger partial charge on any atom is 0.277 e. The van der Waals surface area contributed by atoms with Crippen LogP contribution in [0.4, 0.5) is 0 Å². The molecule has 5 nitrogen and oxygen atoms in total. The summed E-state index contributed by atoms with van der Waals surface area (Å²) in [5, 5.41) is 8.46. The molecule has 0 N–H and O–H groups in total. The van der Waals surface area contributed by atoms with Crippen molar-refractivity contribution in [1.82, 2.24) is 15.1 Å². The first-order chi connectivity index (χ1) is 13.0. The maximum atomic E-state index is 12.4. The molecule has 0 unspecified atom stereocenters. The van der Waals surface area contributed by atoms with E-state index in [1.165, 1.54) is 17.3 Å².